The Hall–Kier alpha value is -2.90. The molecule has 0 aliphatic carbocycles. The second-order valence-corrected chi connectivity index (χ2v) is 4.47. The third-order valence-corrected chi connectivity index (χ3v) is 2.84. The summed E-state index contributed by atoms with van der Waals surface area (Å²) in [4.78, 5) is 28.6. The van der Waals surface area contributed by atoms with Crippen molar-refractivity contribution in [2.75, 3.05) is 12.3 Å². The number of carbonyl (C=O) groups excluding carboxylic acids is 2. The summed E-state index contributed by atoms with van der Waals surface area (Å²) < 4.78 is 0. The predicted octanol–water partition coefficient (Wildman–Crippen LogP) is -0.0953. The molecule has 2 rings (SSSR count). The van der Waals surface area contributed by atoms with Gasteiger partial charge in [-0.25, -0.2) is 0 Å². The predicted molar refractivity (Wildman–Crippen MR) is 75.8 cm³/mol. The Bertz CT molecular complexity index is 625. The minimum absolute atomic E-state index is 0.00656. The van der Waals surface area contributed by atoms with Crippen molar-refractivity contribution in [3.8, 4) is 0 Å². The van der Waals surface area contributed by atoms with Crippen LogP contribution in [0.1, 0.15) is 22.6 Å². The molecule has 2 aromatic rings. The summed E-state index contributed by atoms with van der Waals surface area (Å²) in [5, 5.41) is 6.09. The highest BCUT2D eigenvalue weighted by Crippen LogP contribution is 2.09. The molecule has 0 saturated carbocycles. The Morgan fingerprint density at radius 3 is 2.52 bits per heavy atom. The Kier molecular flexibility index (Phi) is 4.50. The van der Waals surface area contributed by atoms with E-state index in [-0.39, 0.29) is 30.6 Å². The molecule has 0 fully saturated rings. The summed E-state index contributed by atoms with van der Waals surface area (Å²) in [6.07, 6.45) is 0.0716. The van der Waals surface area contributed by atoms with Crippen LogP contribution in [0.2, 0.25) is 0 Å². The fourth-order valence-corrected chi connectivity index (χ4v) is 1.82. The number of anilines is 1. The second kappa shape index (κ2) is 6.51. The molecule has 0 bridgehead atoms. The molecular formula is C13H16N6O2. The number of aromatic nitrogens is 3. The Morgan fingerprint density at radius 2 is 1.95 bits per heavy atom. The van der Waals surface area contributed by atoms with Gasteiger partial charge in [0, 0.05) is 19.5 Å². The lowest BCUT2D eigenvalue weighted by Crippen LogP contribution is -2.34. The molecule has 0 saturated heterocycles. The van der Waals surface area contributed by atoms with Crippen molar-refractivity contribution in [3.05, 3.63) is 41.7 Å². The second-order valence-electron chi connectivity index (χ2n) is 4.47. The Balaban J connectivity index is 2.14. The first-order chi connectivity index (χ1) is 10.1. The minimum Gasteiger partial charge on any atom is -0.370 e. The maximum absolute atomic E-state index is 12.4. The number of carbonyl (C=O) groups is 2. The Labute approximate surface area is 121 Å². The Morgan fingerprint density at radius 1 is 1.24 bits per heavy atom. The van der Waals surface area contributed by atoms with Crippen LogP contribution in [0.3, 0.4) is 0 Å². The third-order valence-electron chi connectivity index (χ3n) is 2.84. The van der Waals surface area contributed by atoms with E-state index >= 15 is 0 Å². The van der Waals surface area contributed by atoms with E-state index in [0.717, 1.165) is 5.56 Å². The first-order valence-electron chi connectivity index (χ1n) is 6.35. The number of nitrogens with one attached hydrogen (secondary N) is 1. The molecule has 110 valence electrons. The molecule has 0 radical (unpaired) electrons. The van der Waals surface area contributed by atoms with Crippen LogP contribution < -0.4 is 11.5 Å². The molecule has 0 spiro atoms. The van der Waals surface area contributed by atoms with Crippen LogP contribution in [0.5, 0.6) is 0 Å². The zero-order valence-corrected chi connectivity index (χ0v) is 11.3. The van der Waals surface area contributed by atoms with Crippen LogP contribution in [0, 0.1) is 0 Å². The van der Waals surface area contributed by atoms with Crippen LogP contribution in [0.15, 0.2) is 30.3 Å². The van der Waals surface area contributed by atoms with Crippen molar-refractivity contribution >= 4 is 17.8 Å². The van der Waals surface area contributed by atoms with Gasteiger partial charge in [0.15, 0.2) is 0 Å². The lowest BCUT2D eigenvalue weighted by atomic mass is 10.2. The fraction of sp³-hybridized carbons (Fsp3) is 0.231. The zero-order chi connectivity index (χ0) is 15.2. The number of hydrogen-bond donors (Lipinski definition) is 3. The summed E-state index contributed by atoms with van der Waals surface area (Å²) in [7, 11) is 0. The molecule has 2 amide bonds. The van der Waals surface area contributed by atoms with Gasteiger partial charge in [0.25, 0.3) is 5.91 Å². The number of aromatic amines is 1. The van der Waals surface area contributed by atoms with Crippen LogP contribution in [0.25, 0.3) is 0 Å². The molecule has 0 aliphatic heterocycles. The highest BCUT2D eigenvalue weighted by atomic mass is 16.2. The van der Waals surface area contributed by atoms with Gasteiger partial charge in [-0.2, -0.15) is 4.98 Å². The third kappa shape index (κ3) is 4.03. The summed E-state index contributed by atoms with van der Waals surface area (Å²) >= 11 is 0. The van der Waals surface area contributed by atoms with Crippen molar-refractivity contribution in [1.29, 1.82) is 0 Å². The van der Waals surface area contributed by atoms with E-state index in [1.807, 2.05) is 30.3 Å². The standard InChI is InChI=1S/C13H16N6O2/c14-10(20)6-7-19(8-9-4-2-1-3-5-9)12(21)11-16-13(15)18-17-11/h1-5H,6-8H2,(H2,14,20)(H3,15,16,17,18). The first kappa shape index (κ1) is 14.5. The monoisotopic (exact) mass is 288 g/mol. The number of H-pyrrole nitrogens is 1. The number of primary amides is 1. The number of hydrogen-bond acceptors (Lipinski definition) is 5. The van der Waals surface area contributed by atoms with Crippen molar-refractivity contribution in [2.24, 2.45) is 5.73 Å². The average molecular weight is 288 g/mol. The molecule has 8 nitrogen and oxygen atoms in total. The van der Waals surface area contributed by atoms with E-state index in [1.54, 1.807) is 0 Å². The van der Waals surface area contributed by atoms with E-state index in [1.165, 1.54) is 4.90 Å². The number of nitrogens with zero attached hydrogens (tertiary/aromatic N) is 3. The maximum Gasteiger partial charge on any atom is 0.291 e. The summed E-state index contributed by atoms with van der Waals surface area (Å²) in [5.74, 6) is -0.830. The normalized spacial score (nSPS) is 10.3. The number of benzene rings is 1. The fourth-order valence-electron chi connectivity index (χ4n) is 1.82. The molecule has 1 aromatic heterocycles. The SMILES string of the molecule is NC(=O)CCN(Cc1ccccc1)C(=O)c1nc(N)n[nH]1. The number of amides is 2. The first-order valence-corrected chi connectivity index (χ1v) is 6.35. The van der Waals surface area contributed by atoms with E-state index < -0.39 is 5.91 Å². The van der Waals surface area contributed by atoms with Gasteiger partial charge < -0.3 is 16.4 Å². The van der Waals surface area contributed by atoms with Crippen LogP contribution in [-0.4, -0.2) is 38.4 Å². The van der Waals surface area contributed by atoms with Gasteiger partial charge in [0.1, 0.15) is 0 Å². The quantitative estimate of drug-likeness (QED) is 0.683. The van der Waals surface area contributed by atoms with Gasteiger partial charge in [-0.3, -0.25) is 14.7 Å². The van der Waals surface area contributed by atoms with Gasteiger partial charge in [-0.15, -0.1) is 5.10 Å². The number of nitrogens with two attached hydrogens (primary N) is 2. The largest absolute Gasteiger partial charge is 0.370 e. The lowest BCUT2D eigenvalue weighted by Gasteiger charge is -2.21. The summed E-state index contributed by atoms with van der Waals surface area (Å²) in [6.45, 7) is 0.539. The van der Waals surface area contributed by atoms with E-state index in [4.69, 9.17) is 11.5 Å². The molecular weight excluding hydrogens is 272 g/mol. The zero-order valence-electron chi connectivity index (χ0n) is 11.3. The van der Waals surface area contributed by atoms with E-state index in [0.29, 0.717) is 6.54 Å². The van der Waals surface area contributed by atoms with Gasteiger partial charge in [0.2, 0.25) is 17.7 Å². The highest BCUT2D eigenvalue weighted by molar-refractivity contribution is 5.91. The van der Waals surface area contributed by atoms with Gasteiger partial charge in [-0.1, -0.05) is 30.3 Å². The van der Waals surface area contributed by atoms with Gasteiger partial charge in [-0.05, 0) is 5.56 Å². The van der Waals surface area contributed by atoms with Crippen LogP contribution in [0.4, 0.5) is 5.95 Å². The molecule has 1 heterocycles. The summed E-state index contributed by atoms with van der Waals surface area (Å²) in [6, 6.07) is 9.41. The molecule has 21 heavy (non-hydrogen) atoms. The number of nitrogen functional groups attached to an aromatic ring is 1. The molecule has 0 atom stereocenters. The molecule has 0 aliphatic rings. The molecule has 1 aromatic carbocycles. The highest BCUT2D eigenvalue weighted by Gasteiger charge is 2.20. The molecule has 5 N–H and O–H groups in total. The van der Waals surface area contributed by atoms with Gasteiger partial charge in [0.05, 0.1) is 0 Å². The summed E-state index contributed by atoms with van der Waals surface area (Å²) in [5.41, 5.74) is 11.5. The van der Waals surface area contributed by atoms with Crippen LogP contribution >= 0.6 is 0 Å². The van der Waals surface area contributed by atoms with Crippen LogP contribution in [-0.2, 0) is 11.3 Å². The van der Waals surface area contributed by atoms with E-state index in [2.05, 4.69) is 15.2 Å². The van der Waals surface area contributed by atoms with E-state index in [9.17, 15) is 9.59 Å². The van der Waals surface area contributed by atoms with Gasteiger partial charge >= 0.3 is 0 Å². The maximum atomic E-state index is 12.4. The van der Waals surface area contributed by atoms with Crippen molar-refractivity contribution in [2.45, 2.75) is 13.0 Å². The molecule has 8 heteroatoms. The van der Waals surface area contributed by atoms with Crippen molar-refractivity contribution in [3.63, 3.8) is 0 Å². The topological polar surface area (TPSA) is 131 Å². The van der Waals surface area contributed by atoms with Crippen molar-refractivity contribution < 1.29 is 9.59 Å². The number of rotatable bonds is 6. The average Bonchev–Trinajstić information content (AvgIpc) is 2.90. The lowest BCUT2D eigenvalue weighted by molar-refractivity contribution is -0.118. The smallest absolute Gasteiger partial charge is 0.291 e. The van der Waals surface area contributed by atoms with Crippen molar-refractivity contribution in [1.82, 2.24) is 20.1 Å². The minimum atomic E-state index is -0.474. The molecule has 0 unspecified atom stereocenters.